The lowest BCUT2D eigenvalue weighted by atomic mass is 10.2. The lowest BCUT2D eigenvalue weighted by molar-refractivity contribution is 0.0492. The minimum atomic E-state index is -0.450. The van der Waals surface area contributed by atoms with Gasteiger partial charge in [-0.25, -0.2) is 4.79 Å². The van der Waals surface area contributed by atoms with Crippen LogP contribution in [0.3, 0.4) is 0 Å². The molecule has 136 valence electrons. The summed E-state index contributed by atoms with van der Waals surface area (Å²) in [5, 5.41) is 4.20. The Morgan fingerprint density at radius 3 is 2.81 bits per heavy atom. The van der Waals surface area contributed by atoms with Crippen molar-refractivity contribution in [2.45, 2.75) is 13.5 Å². The maximum Gasteiger partial charge on any atom is 0.374 e. The molecule has 1 aliphatic rings. The molecule has 6 nitrogen and oxygen atoms in total. The van der Waals surface area contributed by atoms with Crippen LogP contribution in [0.2, 0.25) is 0 Å². The third-order valence-electron chi connectivity index (χ3n) is 3.93. The van der Waals surface area contributed by atoms with Gasteiger partial charge in [-0.15, -0.1) is 12.4 Å². The Bertz CT molecular complexity index is 937. The Morgan fingerprint density at radius 2 is 1.96 bits per heavy atom. The zero-order valence-corrected chi connectivity index (χ0v) is 14.9. The monoisotopic (exact) mass is 375 g/mol. The summed E-state index contributed by atoms with van der Waals surface area (Å²) in [5.74, 6) is 1.30. The fourth-order valence-electron chi connectivity index (χ4n) is 2.71. The number of hydrogen-bond donors (Lipinski definition) is 1. The van der Waals surface area contributed by atoms with Crippen LogP contribution in [0.5, 0.6) is 11.5 Å². The smallest absolute Gasteiger partial charge is 0.374 e. The second-order valence-electron chi connectivity index (χ2n) is 5.62. The first kappa shape index (κ1) is 17.9. The Morgan fingerprint density at radius 1 is 1.12 bits per heavy atom. The Hall–Kier alpha value is -2.86. The van der Waals surface area contributed by atoms with Crippen molar-refractivity contribution in [3.05, 3.63) is 53.8 Å². The third kappa shape index (κ3) is 3.55. The molecule has 0 saturated heterocycles. The number of hydrogen-bond acceptors (Lipinski definition) is 6. The summed E-state index contributed by atoms with van der Waals surface area (Å²) in [6, 6.07) is 13.2. The summed E-state index contributed by atoms with van der Waals surface area (Å²) in [5.41, 5.74) is 2.67. The number of esters is 1. The number of ether oxygens (including phenoxy) is 3. The summed E-state index contributed by atoms with van der Waals surface area (Å²) in [4.78, 5) is 11.7. The minimum absolute atomic E-state index is 0. The first-order valence-corrected chi connectivity index (χ1v) is 8.06. The van der Waals surface area contributed by atoms with Crippen LogP contribution in [0.4, 0.5) is 5.69 Å². The van der Waals surface area contributed by atoms with Crippen LogP contribution in [-0.4, -0.2) is 19.4 Å². The molecular weight excluding hydrogens is 358 g/mol. The van der Waals surface area contributed by atoms with E-state index in [1.165, 1.54) is 0 Å². The summed E-state index contributed by atoms with van der Waals surface area (Å²) in [6.07, 6.45) is 0. The van der Waals surface area contributed by atoms with Crippen molar-refractivity contribution in [2.24, 2.45) is 0 Å². The predicted molar refractivity (Wildman–Crippen MR) is 99.3 cm³/mol. The number of rotatable bonds is 5. The standard InChI is InChI=1S/C19H17NO5.ClH/c1-2-22-19(21)18-9-13-8-14(4-6-15(13)25-18)20-10-12-3-5-16-17(7-12)24-11-23-16;/h3-9,20H,2,10-11H2,1H3;1H. The van der Waals surface area contributed by atoms with E-state index in [0.717, 1.165) is 28.1 Å². The number of carbonyl (C=O) groups excluding carboxylic acids is 1. The molecule has 0 saturated carbocycles. The first-order chi connectivity index (χ1) is 12.2. The van der Waals surface area contributed by atoms with E-state index in [2.05, 4.69) is 5.32 Å². The van der Waals surface area contributed by atoms with Gasteiger partial charge in [-0.05, 0) is 48.9 Å². The Labute approximate surface area is 156 Å². The van der Waals surface area contributed by atoms with Crippen LogP contribution in [0.1, 0.15) is 23.0 Å². The minimum Gasteiger partial charge on any atom is -0.460 e. The summed E-state index contributed by atoms with van der Waals surface area (Å²) in [7, 11) is 0. The van der Waals surface area contributed by atoms with Gasteiger partial charge in [-0.2, -0.15) is 0 Å². The second-order valence-corrected chi connectivity index (χ2v) is 5.62. The number of furan rings is 1. The predicted octanol–water partition coefficient (Wildman–Crippen LogP) is 4.37. The number of carbonyl (C=O) groups is 1. The van der Waals surface area contributed by atoms with Gasteiger partial charge in [0.25, 0.3) is 0 Å². The van der Waals surface area contributed by atoms with Gasteiger partial charge in [-0.1, -0.05) is 6.07 Å². The van der Waals surface area contributed by atoms with Crippen LogP contribution in [0.25, 0.3) is 11.0 Å². The second kappa shape index (κ2) is 7.58. The number of fused-ring (bicyclic) bond motifs is 2. The highest BCUT2D eigenvalue weighted by molar-refractivity contribution is 5.93. The molecule has 1 aromatic heterocycles. The number of halogens is 1. The molecule has 0 radical (unpaired) electrons. The molecule has 0 fully saturated rings. The fourth-order valence-corrected chi connectivity index (χ4v) is 2.71. The van der Waals surface area contributed by atoms with E-state index >= 15 is 0 Å². The molecule has 0 spiro atoms. The Kier molecular flexibility index (Phi) is 5.23. The van der Waals surface area contributed by atoms with Crippen LogP contribution in [0, 0.1) is 0 Å². The van der Waals surface area contributed by atoms with E-state index in [4.69, 9.17) is 18.6 Å². The maximum atomic E-state index is 11.7. The fraction of sp³-hybridized carbons (Fsp3) is 0.211. The number of benzene rings is 2. The van der Waals surface area contributed by atoms with Crippen molar-refractivity contribution in [3.63, 3.8) is 0 Å². The molecule has 2 heterocycles. The van der Waals surface area contributed by atoms with Crippen LogP contribution < -0.4 is 14.8 Å². The summed E-state index contributed by atoms with van der Waals surface area (Å²) >= 11 is 0. The zero-order chi connectivity index (χ0) is 17.2. The van der Waals surface area contributed by atoms with E-state index in [1.807, 2.05) is 36.4 Å². The molecule has 0 unspecified atom stereocenters. The molecule has 0 bridgehead atoms. The van der Waals surface area contributed by atoms with Crippen molar-refractivity contribution in [1.82, 2.24) is 0 Å². The van der Waals surface area contributed by atoms with Gasteiger partial charge in [-0.3, -0.25) is 0 Å². The van der Waals surface area contributed by atoms with Crippen molar-refractivity contribution in [3.8, 4) is 11.5 Å². The lowest BCUT2D eigenvalue weighted by Gasteiger charge is -2.07. The summed E-state index contributed by atoms with van der Waals surface area (Å²) in [6.45, 7) is 2.99. The first-order valence-electron chi connectivity index (χ1n) is 8.06. The van der Waals surface area contributed by atoms with E-state index in [0.29, 0.717) is 18.7 Å². The lowest BCUT2D eigenvalue weighted by Crippen LogP contribution is -2.02. The number of nitrogens with one attached hydrogen (secondary N) is 1. The topological polar surface area (TPSA) is 69.9 Å². The van der Waals surface area contributed by atoms with E-state index in [1.54, 1.807) is 13.0 Å². The maximum absolute atomic E-state index is 11.7. The van der Waals surface area contributed by atoms with E-state index in [-0.39, 0.29) is 25.0 Å². The highest BCUT2D eigenvalue weighted by atomic mass is 35.5. The van der Waals surface area contributed by atoms with Crippen LogP contribution >= 0.6 is 12.4 Å². The van der Waals surface area contributed by atoms with Gasteiger partial charge in [0.15, 0.2) is 11.5 Å². The molecule has 2 aromatic carbocycles. The van der Waals surface area contributed by atoms with Gasteiger partial charge >= 0.3 is 5.97 Å². The molecule has 0 amide bonds. The van der Waals surface area contributed by atoms with Gasteiger partial charge < -0.3 is 23.9 Å². The molecule has 0 aliphatic carbocycles. The average molecular weight is 376 g/mol. The molecule has 26 heavy (non-hydrogen) atoms. The van der Waals surface area contributed by atoms with Crippen molar-refractivity contribution >= 4 is 35.0 Å². The average Bonchev–Trinajstić information content (AvgIpc) is 3.25. The molecule has 4 rings (SSSR count). The molecular formula is C19H18ClNO5. The Balaban J connectivity index is 0.00000196. The van der Waals surface area contributed by atoms with E-state index in [9.17, 15) is 4.79 Å². The van der Waals surface area contributed by atoms with Crippen LogP contribution in [-0.2, 0) is 11.3 Å². The number of anilines is 1. The summed E-state index contributed by atoms with van der Waals surface area (Å²) < 4.78 is 21.2. The van der Waals surface area contributed by atoms with Crippen molar-refractivity contribution in [1.29, 1.82) is 0 Å². The van der Waals surface area contributed by atoms with Crippen molar-refractivity contribution in [2.75, 3.05) is 18.7 Å². The quantitative estimate of drug-likeness (QED) is 0.668. The molecule has 1 N–H and O–H groups in total. The molecule has 1 aliphatic heterocycles. The molecule has 3 aromatic rings. The van der Waals surface area contributed by atoms with Gasteiger partial charge in [0, 0.05) is 17.6 Å². The molecule has 0 atom stereocenters. The SMILES string of the molecule is CCOC(=O)c1cc2cc(NCc3ccc4c(c3)OCO4)ccc2o1.Cl. The largest absolute Gasteiger partial charge is 0.460 e. The normalized spacial score (nSPS) is 11.9. The third-order valence-corrected chi connectivity index (χ3v) is 3.93. The van der Waals surface area contributed by atoms with Gasteiger partial charge in [0.2, 0.25) is 12.6 Å². The van der Waals surface area contributed by atoms with Crippen LogP contribution in [0.15, 0.2) is 46.9 Å². The highest BCUT2D eigenvalue weighted by Crippen LogP contribution is 2.32. The van der Waals surface area contributed by atoms with Gasteiger partial charge in [0.05, 0.1) is 6.61 Å². The van der Waals surface area contributed by atoms with E-state index < -0.39 is 5.97 Å². The van der Waals surface area contributed by atoms with Crippen molar-refractivity contribution < 1.29 is 23.4 Å². The zero-order valence-electron chi connectivity index (χ0n) is 14.1. The highest BCUT2D eigenvalue weighted by Gasteiger charge is 2.14. The van der Waals surface area contributed by atoms with Gasteiger partial charge in [0.1, 0.15) is 5.58 Å². The molecule has 7 heteroatoms.